The van der Waals surface area contributed by atoms with Crippen molar-refractivity contribution in [2.45, 2.75) is 32.1 Å². The Balaban J connectivity index is 1.65. The van der Waals surface area contributed by atoms with Gasteiger partial charge in [0.25, 0.3) is 0 Å². The van der Waals surface area contributed by atoms with Gasteiger partial charge < -0.3 is 4.74 Å². The lowest BCUT2D eigenvalue weighted by molar-refractivity contribution is 0.0526. The first-order chi connectivity index (χ1) is 13.0. The molecule has 0 bridgehead atoms. The Labute approximate surface area is 157 Å². The minimum absolute atomic E-state index is 0.103. The van der Waals surface area contributed by atoms with E-state index >= 15 is 0 Å². The van der Waals surface area contributed by atoms with Crippen LogP contribution in [0.25, 0.3) is 11.3 Å². The first-order valence-electron chi connectivity index (χ1n) is 9.14. The summed E-state index contributed by atoms with van der Waals surface area (Å²) >= 11 is 0. The van der Waals surface area contributed by atoms with Crippen LogP contribution in [-0.4, -0.2) is 22.8 Å². The minimum atomic E-state index is -0.322. The lowest BCUT2D eigenvalue weighted by atomic mass is 9.89. The highest BCUT2D eigenvalue weighted by atomic mass is 19.1. The van der Waals surface area contributed by atoms with E-state index in [1.807, 2.05) is 24.3 Å². The second-order valence-corrected chi connectivity index (χ2v) is 6.96. The molecular weight excluding hydrogens is 343 g/mol. The van der Waals surface area contributed by atoms with Gasteiger partial charge in [-0.1, -0.05) is 24.3 Å². The van der Waals surface area contributed by atoms with Crippen LogP contribution in [0.3, 0.4) is 0 Å². The van der Waals surface area contributed by atoms with Crippen LogP contribution in [-0.2, 0) is 10.2 Å². The van der Waals surface area contributed by atoms with Crippen molar-refractivity contribution in [1.82, 2.24) is 10.2 Å². The maximum atomic E-state index is 13.3. The Hall–Kier alpha value is -2.95. The molecule has 1 aliphatic carbocycles. The molecule has 0 radical (unpaired) electrons. The van der Waals surface area contributed by atoms with Gasteiger partial charge in [-0.2, -0.15) is 5.10 Å². The molecule has 4 nitrogen and oxygen atoms in total. The molecule has 27 heavy (non-hydrogen) atoms. The highest BCUT2D eigenvalue weighted by molar-refractivity contribution is 5.90. The average Bonchev–Trinajstić information content (AvgIpc) is 3.39. The number of halogens is 1. The Kier molecular flexibility index (Phi) is 4.30. The lowest BCUT2D eigenvalue weighted by Crippen LogP contribution is -2.10. The Bertz CT molecular complexity index is 971. The molecule has 0 atom stereocenters. The fourth-order valence-corrected chi connectivity index (χ4v) is 3.70. The predicted octanol–water partition coefficient (Wildman–Crippen LogP) is 4.78. The number of nitrogens with zero attached hydrogens (tertiary/aromatic N) is 1. The summed E-state index contributed by atoms with van der Waals surface area (Å²) in [6.45, 7) is 4.20. The monoisotopic (exact) mass is 364 g/mol. The second kappa shape index (κ2) is 6.65. The van der Waals surface area contributed by atoms with E-state index < -0.39 is 0 Å². The van der Waals surface area contributed by atoms with Crippen LogP contribution in [0, 0.1) is 12.7 Å². The largest absolute Gasteiger partial charge is 0.462 e. The quantitative estimate of drug-likeness (QED) is 0.663. The summed E-state index contributed by atoms with van der Waals surface area (Å²) in [5.74, 6) is -0.546. The minimum Gasteiger partial charge on any atom is -0.462 e. The van der Waals surface area contributed by atoms with Crippen molar-refractivity contribution < 1.29 is 13.9 Å². The zero-order valence-electron chi connectivity index (χ0n) is 15.4. The van der Waals surface area contributed by atoms with E-state index in [9.17, 15) is 9.18 Å². The molecule has 1 aliphatic rings. The number of carbonyl (C=O) groups excluding carboxylic acids is 1. The zero-order chi connectivity index (χ0) is 19.0. The SMILES string of the molecule is CCOC(=O)c1ccc(-c2n[nH]c(C3(c4ccc(F)cc4)CC3)c2C)cc1. The van der Waals surface area contributed by atoms with Crippen LogP contribution in [0.1, 0.15) is 46.9 Å². The van der Waals surface area contributed by atoms with Crippen LogP contribution < -0.4 is 0 Å². The highest BCUT2D eigenvalue weighted by Crippen LogP contribution is 2.54. The maximum Gasteiger partial charge on any atom is 0.338 e. The van der Waals surface area contributed by atoms with Crippen molar-refractivity contribution in [2.24, 2.45) is 0 Å². The van der Waals surface area contributed by atoms with Crippen LogP contribution in [0.15, 0.2) is 48.5 Å². The van der Waals surface area contributed by atoms with Crippen LogP contribution in [0.5, 0.6) is 0 Å². The molecular formula is C22H21FN2O2. The number of aromatic nitrogens is 2. The standard InChI is InChI=1S/C22H21FN2O2/c1-3-27-21(26)16-6-4-15(5-7-16)19-14(2)20(25-24-19)22(12-13-22)17-8-10-18(23)11-9-17/h4-11H,3,12-13H2,1-2H3,(H,24,25). The molecule has 1 fully saturated rings. The molecule has 138 valence electrons. The van der Waals surface area contributed by atoms with E-state index in [0.29, 0.717) is 12.2 Å². The first kappa shape index (κ1) is 17.5. The Morgan fingerprint density at radius 3 is 2.41 bits per heavy atom. The fraction of sp³-hybridized carbons (Fsp3) is 0.273. The number of aromatic amines is 1. The lowest BCUT2D eigenvalue weighted by Gasteiger charge is -2.15. The number of hydrogen-bond donors (Lipinski definition) is 1. The van der Waals surface area contributed by atoms with Gasteiger partial charge in [0.1, 0.15) is 5.82 Å². The third-order valence-corrected chi connectivity index (χ3v) is 5.30. The van der Waals surface area contributed by atoms with Gasteiger partial charge >= 0.3 is 5.97 Å². The number of carbonyl (C=O) groups is 1. The van der Waals surface area contributed by atoms with Crippen molar-refractivity contribution in [3.05, 3.63) is 76.7 Å². The Morgan fingerprint density at radius 2 is 1.81 bits per heavy atom. The van der Waals surface area contributed by atoms with Gasteiger partial charge in [-0.15, -0.1) is 0 Å². The fourth-order valence-electron chi connectivity index (χ4n) is 3.70. The third kappa shape index (κ3) is 3.03. The molecule has 0 spiro atoms. The zero-order valence-corrected chi connectivity index (χ0v) is 15.4. The summed E-state index contributed by atoms with van der Waals surface area (Å²) < 4.78 is 18.3. The van der Waals surface area contributed by atoms with E-state index in [-0.39, 0.29) is 17.2 Å². The topological polar surface area (TPSA) is 55.0 Å². The van der Waals surface area contributed by atoms with Gasteiger partial charge in [-0.05, 0) is 62.1 Å². The van der Waals surface area contributed by atoms with Crippen LogP contribution in [0.4, 0.5) is 4.39 Å². The second-order valence-electron chi connectivity index (χ2n) is 6.96. The van der Waals surface area contributed by atoms with Gasteiger partial charge in [-0.25, -0.2) is 9.18 Å². The van der Waals surface area contributed by atoms with Crippen molar-refractivity contribution >= 4 is 5.97 Å². The molecule has 2 aromatic carbocycles. The molecule has 0 saturated heterocycles. The molecule has 3 aromatic rings. The maximum absolute atomic E-state index is 13.3. The van der Waals surface area contributed by atoms with Gasteiger partial charge in [-0.3, -0.25) is 5.10 Å². The molecule has 0 unspecified atom stereocenters. The highest BCUT2D eigenvalue weighted by Gasteiger charge is 2.48. The summed E-state index contributed by atoms with van der Waals surface area (Å²) in [4.78, 5) is 11.8. The summed E-state index contributed by atoms with van der Waals surface area (Å²) in [7, 11) is 0. The Morgan fingerprint density at radius 1 is 1.15 bits per heavy atom. The normalized spacial score (nSPS) is 14.8. The number of hydrogen-bond acceptors (Lipinski definition) is 3. The van der Waals surface area contributed by atoms with Crippen molar-refractivity contribution in [1.29, 1.82) is 0 Å². The van der Waals surface area contributed by atoms with Gasteiger partial charge in [0.2, 0.25) is 0 Å². The third-order valence-electron chi connectivity index (χ3n) is 5.30. The van der Waals surface area contributed by atoms with E-state index in [1.165, 1.54) is 12.1 Å². The van der Waals surface area contributed by atoms with E-state index in [1.54, 1.807) is 19.1 Å². The first-order valence-corrected chi connectivity index (χ1v) is 9.14. The molecule has 1 aromatic heterocycles. The molecule has 0 aliphatic heterocycles. The van der Waals surface area contributed by atoms with Crippen LogP contribution in [0.2, 0.25) is 0 Å². The summed E-state index contributed by atoms with van der Waals surface area (Å²) in [6.07, 6.45) is 2.03. The molecule has 4 rings (SSSR count). The summed E-state index contributed by atoms with van der Waals surface area (Å²) in [5, 5.41) is 7.74. The summed E-state index contributed by atoms with van der Waals surface area (Å²) in [6, 6.07) is 14.0. The smallest absolute Gasteiger partial charge is 0.338 e. The average molecular weight is 364 g/mol. The van der Waals surface area contributed by atoms with E-state index in [4.69, 9.17) is 4.74 Å². The van der Waals surface area contributed by atoms with Gasteiger partial charge in [0.05, 0.1) is 17.9 Å². The number of rotatable bonds is 5. The summed E-state index contributed by atoms with van der Waals surface area (Å²) in [5.41, 5.74) is 5.51. The molecule has 1 saturated carbocycles. The number of nitrogens with one attached hydrogen (secondary N) is 1. The van der Waals surface area contributed by atoms with E-state index in [0.717, 1.165) is 40.9 Å². The molecule has 0 amide bonds. The van der Waals surface area contributed by atoms with Gasteiger partial charge in [0, 0.05) is 16.7 Å². The molecule has 1 N–H and O–H groups in total. The predicted molar refractivity (Wildman–Crippen MR) is 101 cm³/mol. The van der Waals surface area contributed by atoms with Crippen molar-refractivity contribution in [2.75, 3.05) is 6.61 Å². The number of ether oxygens (including phenoxy) is 1. The van der Waals surface area contributed by atoms with Gasteiger partial charge in [0.15, 0.2) is 0 Å². The number of H-pyrrole nitrogens is 1. The number of esters is 1. The molecule has 1 heterocycles. The number of benzene rings is 2. The van der Waals surface area contributed by atoms with E-state index in [2.05, 4.69) is 17.1 Å². The van der Waals surface area contributed by atoms with Crippen molar-refractivity contribution in [3.8, 4) is 11.3 Å². The van der Waals surface area contributed by atoms with Crippen LogP contribution >= 0.6 is 0 Å². The molecule has 5 heteroatoms. The van der Waals surface area contributed by atoms with Crippen molar-refractivity contribution in [3.63, 3.8) is 0 Å².